The molecule has 0 atom stereocenters. The molecule has 0 spiro atoms. The standard InChI is InChI=1S/C16H21N3O2/c1-21-12-11-19(10-2-9-17)15(20)16(7-8-16)13-3-5-14(18)6-4-13/h3-6H,2,7-8,10-12,18H2,1H3. The van der Waals surface area contributed by atoms with Crippen molar-refractivity contribution >= 4 is 11.6 Å². The number of methoxy groups -OCH3 is 1. The van der Waals surface area contributed by atoms with Gasteiger partial charge in [0.1, 0.15) is 0 Å². The first-order chi connectivity index (χ1) is 10.1. The summed E-state index contributed by atoms with van der Waals surface area (Å²) in [6.45, 7) is 1.46. The van der Waals surface area contributed by atoms with Crippen LogP contribution in [-0.4, -0.2) is 37.6 Å². The number of hydrogen-bond donors (Lipinski definition) is 1. The lowest BCUT2D eigenvalue weighted by Gasteiger charge is -2.27. The second-order valence-corrected chi connectivity index (χ2v) is 5.40. The Labute approximate surface area is 125 Å². The minimum Gasteiger partial charge on any atom is -0.399 e. The highest BCUT2D eigenvalue weighted by molar-refractivity contribution is 5.91. The normalized spacial score (nSPS) is 15.2. The third-order valence-electron chi connectivity index (χ3n) is 3.97. The predicted molar refractivity (Wildman–Crippen MR) is 80.5 cm³/mol. The number of nitrogen functional groups attached to an aromatic ring is 1. The Hall–Kier alpha value is -2.06. The minimum absolute atomic E-state index is 0.0968. The van der Waals surface area contributed by atoms with Gasteiger partial charge in [-0.25, -0.2) is 0 Å². The van der Waals surface area contributed by atoms with Crippen LogP contribution in [0, 0.1) is 11.3 Å². The molecule has 1 aliphatic rings. The summed E-state index contributed by atoms with van der Waals surface area (Å²) < 4.78 is 5.06. The number of carbonyl (C=O) groups is 1. The largest absolute Gasteiger partial charge is 0.399 e. The van der Waals surface area contributed by atoms with E-state index in [2.05, 4.69) is 6.07 Å². The summed E-state index contributed by atoms with van der Waals surface area (Å²) in [6, 6.07) is 9.62. The monoisotopic (exact) mass is 287 g/mol. The first kappa shape index (κ1) is 15.3. The van der Waals surface area contributed by atoms with Crippen LogP contribution in [0.2, 0.25) is 0 Å². The Kier molecular flexibility index (Phi) is 4.81. The fraction of sp³-hybridized carbons (Fsp3) is 0.500. The Morgan fingerprint density at radius 2 is 2.05 bits per heavy atom. The van der Waals surface area contributed by atoms with Gasteiger partial charge in [-0.2, -0.15) is 5.26 Å². The van der Waals surface area contributed by atoms with E-state index in [-0.39, 0.29) is 5.91 Å². The van der Waals surface area contributed by atoms with Crippen molar-refractivity contribution in [3.05, 3.63) is 29.8 Å². The number of ether oxygens (including phenoxy) is 1. The summed E-state index contributed by atoms with van der Waals surface area (Å²) in [6.07, 6.45) is 2.05. The zero-order valence-electron chi connectivity index (χ0n) is 12.3. The Balaban J connectivity index is 2.15. The van der Waals surface area contributed by atoms with Crippen LogP contribution in [0.3, 0.4) is 0 Å². The topological polar surface area (TPSA) is 79.3 Å². The lowest BCUT2D eigenvalue weighted by Crippen LogP contribution is -2.41. The second-order valence-electron chi connectivity index (χ2n) is 5.40. The van der Waals surface area contributed by atoms with E-state index in [1.54, 1.807) is 12.0 Å². The molecular formula is C16H21N3O2. The summed E-state index contributed by atoms with van der Waals surface area (Å²) in [7, 11) is 1.61. The number of benzene rings is 1. The lowest BCUT2D eigenvalue weighted by atomic mass is 9.94. The number of nitriles is 1. The zero-order valence-corrected chi connectivity index (χ0v) is 12.3. The molecule has 0 heterocycles. The number of rotatable bonds is 7. The van der Waals surface area contributed by atoms with Crippen LogP contribution in [0.1, 0.15) is 24.8 Å². The maximum Gasteiger partial charge on any atom is 0.233 e. The molecule has 0 saturated heterocycles. The predicted octanol–water partition coefficient (Wildman–Crippen LogP) is 1.69. The molecule has 1 saturated carbocycles. The van der Waals surface area contributed by atoms with Gasteiger partial charge in [-0.05, 0) is 30.5 Å². The van der Waals surface area contributed by atoms with E-state index in [4.69, 9.17) is 15.7 Å². The second kappa shape index (κ2) is 6.59. The Bertz CT molecular complexity index is 529. The van der Waals surface area contributed by atoms with Crippen molar-refractivity contribution in [1.29, 1.82) is 5.26 Å². The van der Waals surface area contributed by atoms with Crippen LogP contribution >= 0.6 is 0 Å². The lowest BCUT2D eigenvalue weighted by molar-refractivity contribution is -0.134. The molecule has 2 rings (SSSR count). The molecule has 0 bridgehead atoms. The molecule has 1 amide bonds. The van der Waals surface area contributed by atoms with E-state index in [0.29, 0.717) is 31.8 Å². The van der Waals surface area contributed by atoms with E-state index in [0.717, 1.165) is 18.4 Å². The highest BCUT2D eigenvalue weighted by Gasteiger charge is 2.52. The van der Waals surface area contributed by atoms with Crippen molar-refractivity contribution in [2.75, 3.05) is 32.5 Å². The maximum absolute atomic E-state index is 12.9. The molecule has 21 heavy (non-hydrogen) atoms. The van der Waals surface area contributed by atoms with Crippen molar-refractivity contribution in [1.82, 2.24) is 4.90 Å². The SMILES string of the molecule is COCCN(CCC#N)C(=O)C1(c2ccc(N)cc2)CC1. The van der Waals surface area contributed by atoms with Gasteiger partial charge in [0, 0.05) is 25.9 Å². The number of anilines is 1. The first-order valence-corrected chi connectivity index (χ1v) is 7.15. The zero-order chi connectivity index (χ0) is 15.3. The van der Waals surface area contributed by atoms with Gasteiger partial charge in [0.25, 0.3) is 0 Å². The molecular weight excluding hydrogens is 266 g/mol. The summed E-state index contributed by atoms with van der Waals surface area (Å²) in [5, 5.41) is 8.76. The summed E-state index contributed by atoms with van der Waals surface area (Å²) in [4.78, 5) is 14.6. The summed E-state index contributed by atoms with van der Waals surface area (Å²) in [5.41, 5.74) is 7.00. The van der Waals surface area contributed by atoms with Crippen molar-refractivity contribution < 1.29 is 9.53 Å². The van der Waals surface area contributed by atoms with Gasteiger partial charge in [0.15, 0.2) is 0 Å². The van der Waals surface area contributed by atoms with Gasteiger partial charge in [0.2, 0.25) is 5.91 Å². The molecule has 0 aromatic heterocycles. The average Bonchev–Trinajstić information content (AvgIpc) is 3.29. The molecule has 0 aliphatic heterocycles. The molecule has 1 aromatic rings. The third-order valence-corrected chi connectivity index (χ3v) is 3.97. The molecule has 1 fully saturated rings. The molecule has 5 heteroatoms. The Morgan fingerprint density at radius 3 is 2.57 bits per heavy atom. The number of hydrogen-bond acceptors (Lipinski definition) is 4. The van der Waals surface area contributed by atoms with Gasteiger partial charge < -0.3 is 15.4 Å². The van der Waals surface area contributed by atoms with Crippen molar-refractivity contribution in [3.8, 4) is 6.07 Å². The van der Waals surface area contributed by atoms with Crippen LogP contribution in [0.25, 0.3) is 0 Å². The number of nitrogens with two attached hydrogens (primary N) is 1. The highest BCUT2D eigenvalue weighted by atomic mass is 16.5. The van der Waals surface area contributed by atoms with E-state index in [1.807, 2.05) is 24.3 Å². The van der Waals surface area contributed by atoms with Crippen LogP contribution in [0.5, 0.6) is 0 Å². The third kappa shape index (κ3) is 3.34. The number of carbonyl (C=O) groups excluding carboxylic acids is 1. The molecule has 112 valence electrons. The van der Waals surface area contributed by atoms with Gasteiger partial charge in [-0.1, -0.05) is 12.1 Å². The van der Waals surface area contributed by atoms with Crippen LogP contribution in [-0.2, 0) is 14.9 Å². The van der Waals surface area contributed by atoms with Crippen molar-refractivity contribution in [3.63, 3.8) is 0 Å². The Morgan fingerprint density at radius 1 is 1.38 bits per heavy atom. The van der Waals surface area contributed by atoms with Crippen LogP contribution in [0.4, 0.5) is 5.69 Å². The molecule has 1 aromatic carbocycles. The fourth-order valence-corrected chi connectivity index (χ4v) is 2.56. The highest BCUT2D eigenvalue weighted by Crippen LogP contribution is 2.49. The molecule has 0 radical (unpaired) electrons. The molecule has 0 unspecified atom stereocenters. The van der Waals surface area contributed by atoms with Crippen molar-refractivity contribution in [2.45, 2.75) is 24.7 Å². The van der Waals surface area contributed by atoms with Crippen LogP contribution < -0.4 is 5.73 Å². The quantitative estimate of drug-likeness (QED) is 0.774. The maximum atomic E-state index is 12.9. The van der Waals surface area contributed by atoms with E-state index < -0.39 is 5.41 Å². The smallest absolute Gasteiger partial charge is 0.233 e. The van der Waals surface area contributed by atoms with Gasteiger partial charge in [-0.3, -0.25) is 4.79 Å². The molecule has 1 aliphatic carbocycles. The summed E-state index contributed by atoms with van der Waals surface area (Å²) in [5.74, 6) is 0.0968. The van der Waals surface area contributed by atoms with Gasteiger partial charge in [-0.15, -0.1) is 0 Å². The molecule has 2 N–H and O–H groups in total. The minimum atomic E-state index is -0.420. The average molecular weight is 287 g/mol. The van der Waals surface area contributed by atoms with Gasteiger partial charge in [0.05, 0.1) is 24.5 Å². The number of nitrogens with zero attached hydrogens (tertiary/aromatic N) is 2. The number of amides is 1. The fourth-order valence-electron chi connectivity index (χ4n) is 2.56. The van der Waals surface area contributed by atoms with Gasteiger partial charge >= 0.3 is 0 Å². The van der Waals surface area contributed by atoms with Crippen molar-refractivity contribution in [2.24, 2.45) is 0 Å². The van der Waals surface area contributed by atoms with Crippen LogP contribution in [0.15, 0.2) is 24.3 Å². The first-order valence-electron chi connectivity index (χ1n) is 7.15. The van der Waals surface area contributed by atoms with E-state index in [9.17, 15) is 4.79 Å². The van der Waals surface area contributed by atoms with E-state index in [1.165, 1.54) is 0 Å². The molecule has 5 nitrogen and oxygen atoms in total. The summed E-state index contributed by atoms with van der Waals surface area (Å²) >= 11 is 0. The van der Waals surface area contributed by atoms with E-state index >= 15 is 0 Å².